The molecule has 1 unspecified atom stereocenters. The number of nitrogens with one attached hydrogen (secondary N) is 3. The van der Waals surface area contributed by atoms with Gasteiger partial charge in [0.25, 0.3) is 0 Å². The molecule has 3 amide bonds. The van der Waals surface area contributed by atoms with Gasteiger partial charge in [0.05, 0.1) is 6.04 Å². The van der Waals surface area contributed by atoms with Gasteiger partial charge in [-0.3, -0.25) is 9.78 Å². The minimum absolute atomic E-state index is 0.304. The minimum Gasteiger partial charge on any atom is -0.327 e. The second-order valence-electron chi connectivity index (χ2n) is 7.84. The van der Waals surface area contributed by atoms with E-state index in [1.165, 1.54) is 0 Å². The Labute approximate surface area is 199 Å². The van der Waals surface area contributed by atoms with Crippen molar-refractivity contribution in [3.63, 3.8) is 0 Å². The number of nitrogens with zero attached hydrogens (tertiary/aromatic N) is 1. The van der Waals surface area contributed by atoms with E-state index in [1.807, 2.05) is 91.0 Å². The third kappa shape index (κ3) is 6.29. The van der Waals surface area contributed by atoms with Crippen LogP contribution in [0.15, 0.2) is 116 Å². The van der Waals surface area contributed by atoms with Crippen LogP contribution in [0.1, 0.15) is 22.7 Å². The van der Waals surface area contributed by atoms with E-state index in [-0.39, 0.29) is 11.9 Å². The summed E-state index contributed by atoms with van der Waals surface area (Å²) in [5.74, 6) is -0.304. The van der Waals surface area contributed by atoms with Crippen molar-refractivity contribution in [3.8, 4) is 0 Å². The van der Waals surface area contributed by atoms with Crippen LogP contribution < -0.4 is 16.0 Å². The number of anilines is 1. The number of aromatic nitrogens is 1. The van der Waals surface area contributed by atoms with E-state index in [2.05, 4.69) is 20.9 Å². The maximum absolute atomic E-state index is 13.1. The molecule has 0 radical (unpaired) electrons. The molecule has 4 aromatic rings. The SMILES string of the molecule is O=C(NC(Cc1ccccc1)C(=O)Nc1ccncc1)NC(c1ccccc1)c1ccccc1. The molecule has 6 heteroatoms. The molecular formula is C28H26N4O2. The lowest BCUT2D eigenvalue weighted by Crippen LogP contribution is -2.50. The molecule has 0 fully saturated rings. The number of urea groups is 1. The summed E-state index contributed by atoms with van der Waals surface area (Å²) in [6.45, 7) is 0. The lowest BCUT2D eigenvalue weighted by molar-refractivity contribution is -0.117. The summed E-state index contributed by atoms with van der Waals surface area (Å²) in [4.78, 5) is 30.2. The van der Waals surface area contributed by atoms with E-state index >= 15 is 0 Å². The number of carbonyl (C=O) groups is 2. The third-order valence-corrected chi connectivity index (χ3v) is 5.39. The normalized spacial score (nSPS) is 11.4. The van der Waals surface area contributed by atoms with E-state index in [0.717, 1.165) is 16.7 Å². The quantitative estimate of drug-likeness (QED) is 0.363. The Morgan fingerprint density at radius 1 is 0.676 bits per heavy atom. The Balaban J connectivity index is 1.53. The maximum Gasteiger partial charge on any atom is 0.316 e. The van der Waals surface area contributed by atoms with Crippen LogP contribution in [0.25, 0.3) is 0 Å². The fourth-order valence-electron chi connectivity index (χ4n) is 3.70. The van der Waals surface area contributed by atoms with Crippen LogP contribution in [0, 0.1) is 0 Å². The molecule has 3 N–H and O–H groups in total. The standard InChI is InChI=1S/C28H26N4O2/c33-27(30-24-16-18-29-19-17-24)25(20-21-10-4-1-5-11-21)31-28(34)32-26(22-12-6-2-7-13-22)23-14-8-3-9-15-23/h1-19,25-26H,20H2,(H,29,30,33)(H2,31,32,34). The van der Waals surface area contributed by atoms with Gasteiger partial charge in [0.1, 0.15) is 6.04 Å². The monoisotopic (exact) mass is 450 g/mol. The number of pyridine rings is 1. The largest absolute Gasteiger partial charge is 0.327 e. The average molecular weight is 451 g/mol. The van der Waals surface area contributed by atoms with Crippen LogP contribution in [0.2, 0.25) is 0 Å². The maximum atomic E-state index is 13.1. The van der Waals surface area contributed by atoms with Gasteiger partial charge < -0.3 is 16.0 Å². The molecule has 34 heavy (non-hydrogen) atoms. The highest BCUT2D eigenvalue weighted by Gasteiger charge is 2.24. The van der Waals surface area contributed by atoms with Crippen molar-refractivity contribution >= 4 is 17.6 Å². The zero-order valence-corrected chi connectivity index (χ0v) is 18.6. The lowest BCUT2D eigenvalue weighted by Gasteiger charge is -2.23. The Morgan fingerprint density at radius 2 is 1.21 bits per heavy atom. The molecule has 0 spiro atoms. The Hall–Kier alpha value is -4.45. The molecule has 6 nitrogen and oxygen atoms in total. The number of amides is 3. The van der Waals surface area contributed by atoms with Crippen molar-refractivity contribution in [1.82, 2.24) is 15.6 Å². The van der Waals surface area contributed by atoms with Crippen LogP contribution in [0.3, 0.4) is 0 Å². The van der Waals surface area contributed by atoms with E-state index in [9.17, 15) is 9.59 Å². The predicted octanol–water partition coefficient (Wildman–Crippen LogP) is 4.72. The first-order valence-corrected chi connectivity index (χ1v) is 11.1. The number of hydrogen-bond donors (Lipinski definition) is 3. The second-order valence-corrected chi connectivity index (χ2v) is 7.84. The molecule has 0 aliphatic heterocycles. The van der Waals surface area contributed by atoms with Crippen molar-refractivity contribution in [2.45, 2.75) is 18.5 Å². The van der Waals surface area contributed by atoms with E-state index in [1.54, 1.807) is 24.5 Å². The van der Waals surface area contributed by atoms with Gasteiger partial charge in [-0.15, -0.1) is 0 Å². The average Bonchev–Trinajstić information content (AvgIpc) is 2.89. The number of hydrogen-bond acceptors (Lipinski definition) is 3. The van der Waals surface area contributed by atoms with Gasteiger partial charge in [0.2, 0.25) is 5.91 Å². The molecule has 1 atom stereocenters. The van der Waals surface area contributed by atoms with Gasteiger partial charge in [-0.2, -0.15) is 0 Å². The van der Waals surface area contributed by atoms with Crippen molar-refractivity contribution in [1.29, 1.82) is 0 Å². The molecule has 0 aliphatic carbocycles. The van der Waals surface area contributed by atoms with Crippen LogP contribution in [-0.4, -0.2) is 23.0 Å². The topological polar surface area (TPSA) is 83.1 Å². The zero-order valence-electron chi connectivity index (χ0n) is 18.6. The minimum atomic E-state index is -0.775. The van der Waals surface area contributed by atoms with Crippen molar-refractivity contribution in [2.24, 2.45) is 0 Å². The summed E-state index contributed by atoms with van der Waals surface area (Å²) in [5, 5.41) is 8.79. The van der Waals surface area contributed by atoms with E-state index in [0.29, 0.717) is 12.1 Å². The molecule has 0 bridgehead atoms. The Bertz CT molecular complexity index is 1150. The van der Waals surface area contributed by atoms with E-state index < -0.39 is 12.1 Å². The summed E-state index contributed by atoms with van der Waals surface area (Å²) in [6.07, 6.45) is 3.56. The fraction of sp³-hybridized carbons (Fsp3) is 0.107. The van der Waals surface area contributed by atoms with Gasteiger partial charge in [-0.05, 0) is 28.8 Å². The lowest BCUT2D eigenvalue weighted by atomic mass is 9.99. The third-order valence-electron chi connectivity index (χ3n) is 5.39. The fourth-order valence-corrected chi connectivity index (χ4v) is 3.70. The van der Waals surface area contributed by atoms with Gasteiger partial charge in [-0.25, -0.2) is 4.79 Å². The highest BCUT2D eigenvalue weighted by Crippen LogP contribution is 2.21. The molecule has 170 valence electrons. The molecule has 4 rings (SSSR count). The molecule has 0 aliphatic rings. The number of carbonyl (C=O) groups excluding carboxylic acids is 2. The van der Waals surface area contributed by atoms with Gasteiger partial charge in [-0.1, -0.05) is 91.0 Å². The smallest absolute Gasteiger partial charge is 0.316 e. The van der Waals surface area contributed by atoms with Crippen LogP contribution in [0.4, 0.5) is 10.5 Å². The van der Waals surface area contributed by atoms with Crippen molar-refractivity contribution in [2.75, 3.05) is 5.32 Å². The molecule has 1 aromatic heterocycles. The highest BCUT2D eigenvalue weighted by atomic mass is 16.2. The highest BCUT2D eigenvalue weighted by molar-refractivity contribution is 5.97. The van der Waals surface area contributed by atoms with Crippen LogP contribution in [-0.2, 0) is 11.2 Å². The molecule has 0 saturated carbocycles. The molecule has 3 aromatic carbocycles. The summed E-state index contributed by atoms with van der Waals surface area (Å²) < 4.78 is 0. The van der Waals surface area contributed by atoms with Gasteiger partial charge in [0, 0.05) is 24.5 Å². The first-order valence-electron chi connectivity index (χ1n) is 11.1. The zero-order chi connectivity index (χ0) is 23.6. The second kappa shape index (κ2) is 11.4. The summed E-state index contributed by atoms with van der Waals surface area (Å²) in [5.41, 5.74) is 3.46. The molecular weight excluding hydrogens is 424 g/mol. The van der Waals surface area contributed by atoms with Crippen molar-refractivity contribution in [3.05, 3.63) is 132 Å². The van der Waals surface area contributed by atoms with Gasteiger partial charge in [0.15, 0.2) is 0 Å². The number of benzene rings is 3. The summed E-state index contributed by atoms with van der Waals surface area (Å²) >= 11 is 0. The Morgan fingerprint density at radius 3 is 1.76 bits per heavy atom. The first kappa shape index (κ1) is 22.7. The number of rotatable bonds is 8. The van der Waals surface area contributed by atoms with Crippen LogP contribution >= 0.6 is 0 Å². The summed E-state index contributed by atoms with van der Waals surface area (Å²) in [7, 11) is 0. The Kier molecular flexibility index (Phi) is 7.64. The molecule has 1 heterocycles. The summed E-state index contributed by atoms with van der Waals surface area (Å²) in [6, 6.07) is 30.9. The first-order chi connectivity index (χ1) is 16.7. The molecule has 0 saturated heterocycles. The predicted molar refractivity (Wildman–Crippen MR) is 133 cm³/mol. The van der Waals surface area contributed by atoms with Crippen LogP contribution in [0.5, 0.6) is 0 Å². The van der Waals surface area contributed by atoms with Gasteiger partial charge >= 0.3 is 6.03 Å². The van der Waals surface area contributed by atoms with E-state index in [4.69, 9.17) is 0 Å². The van der Waals surface area contributed by atoms with Crippen molar-refractivity contribution < 1.29 is 9.59 Å².